The molecule has 4 aromatic rings. The maximum atomic E-state index is 9.07. The normalized spacial score (nSPS) is 11.1. The van der Waals surface area contributed by atoms with E-state index in [1.807, 2.05) is 65.6 Å². The number of amidine groups is 1. The van der Waals surface area contributed by atoms with E-state index in [1.165, 1.54) is 11.1 Å². The Morgan fingerprint density at radius 2 is 1.12 bits per heavy atom. The quantitative estimate of drug-likeness (QED) is 0.251. The summed E-state index contributed by atoms with van der Waals surface area (Å²) in [5.74, 6) is 0.402. The molecule has 0 aliphatic carbocycles. The minimum Gasteiger partial charge on any atom is -0.295 e. The zero-order valence-corrected chi connectivity index (χ0v) is 19.5. The Kier molecular flexibility index (Phi) is 6.28. The van der Waals surface area contributed by atoms with Crippen LogP contribution in [0.1, 0.15) is 37.5 Å². The summed E-state index contributed by atoms with van der Waals surface area (Å²) >= 11 is 0. The standard InChI is InChI=1S/C31H30N2/c1-23(24-15-17-26(18-16-24)25-11-7-5-8-12-25)33(29-13-9-6-10-14-29)30(32)27-19-21-28(22-20-27)31(2,3)4/h5-22,32H,1H2,2-4H3. The van der Waals surface area contributed by atoms with Crippen molar-refractivity contribution in [2.24, 2.45) is 0 Å². The van der Waals surface area contributed by atoms with Crippen molar-refractivity contribution in [1.29, 1.82) is 5.41 Å². The molecule has 1 N–H and O–H groups in total. The second-order valence-electron chi connectivity index (χ2n) is 9.24. The summed E-state index contributed by atoms with van der Waals surface area (Å²) in [5, 5.41) is 9.07. The predicted molar refractivity (Wildman–Crippen MR) is 142 cm³/mol. The van der Waals surface area contributed by atoms with Gasteiger partial charge in [-0.3, -0.25) is 10.3 Å². The molecular formula is C31H30N2. The van der Waals surface area contributed by atoms with Crippen LogP contribution in [0.2, 0.25) is 0 Å². The molecule has 33 heavy (non-hydrogen) atoms. The Bertz CT molecular complexity index is 1230. The van der Waals surface area contributed by atoms with Crippen molar-refractivity contribution in [3.63, 3.8) is 0 Å². The Labute approximate surface area is 197 Å². The molecule has 0 radical (unpaired) electrons. The average Bonchev–Trinajstić information content (AvgIpc) is 2.85. The van der Waals surface area contributed by atoms with E-state index in [1.54, 1.807) is 0 Å². The van der Waals surface area contributed by atoms with Crippen LogP contribution in [0.5, 0.6) is 0 Å². The first kappa shape index (κ1) is 22.3. The third-order valence-corrected chi connectivity index (χ3v) is 5.86. The van der Waals surface area contributed by atoms with E-state index < -0.39 is 0 Å². The van der Waals surface area contributed by atoms with Crippen molar-refractivity contribution in [1.82, 2.24) is 0 Å². The average molecular weight is 431 g/mol. The summed E-state index contributed by atoms with van der Waals surface area (Å²) in [6, 6.07) is 37.0. The van der Waals surface area contributed by atoms with Gasteiger partial charge in [-0.2, -0.15) is 0 Å². The largest absolute Gasteiger partial charge is 0.295 e. The maximum Gasteiger partial charge on any atom is 0.137 e. The highest BCUT2D eigenvalue weighted by Crippen LogP contribution is 2.30. The van der Waals surface area contributed by atoms with Crippen LogP contribution >= 0.6 is 0 Å². The van der Waals surface area contributed by atoms with Crippen LogP contribution in [0.15, 0.2) is 116 Å². The minimum atomic E-state index is 0.0733. The summed E-state index contributed by atoms with van der Waals surface area (Å²) in [7, 11) is 0. The van der Waals surface area contributed by atoms with Crippen LogP contribution in [0.25, 0.3) is 16.8 Å². The molecule has 2 heteroatoms. The van der Waals surface area contributed by atoms with Crippen molar-refractivity contribution in [2.75, 3.05) is 4.90 Å². The second-order valence-corrected chi connectivity index (χ2v) is 9.24. The van der Waals surface area contributed by atoms with E-state index in [-0.39, 0.29) is 5.41 Å². The van der Waals surface area contributed by atoms with Crippen molar-refractivity contribution < 1.29 is 0 Å². The fourth-order valence-corrected chi connectivity index (χ4v) is 3.87. The van der Waals surface area contributed by atoms with Gasteiger partial charge in [0.25, 0.3) is 0 Å². The van der Waals surface area contributed by atoms with E-state index in [0.717, 1.165) is 28.1 Å². The van der Waals surface area contributed by atoms with Crippen molar-refractivity contribution in [2.45, 2.75) is 26.2 Å². The van der Waals surface area contributed by atoms with Crippen molar-refractivity contribution in [3.05, 3.63) is 132 Å². The third kappa shape index (κ3) is 4.96. The molecule has 0 aliphatic heterocycles. The first-order chi connectivity index (χ1) is 15.8. The lowest BCUT2D eigenvalue weighted by atomic mass is 9.86. The lowest BCUT2D eigenvalue weighted by Gasteiger charge is -2.28. The van der Waals surface area contributed by atoms with Crippen LogP contribution in [0, 0.1) is 5.41 Å². The number of anilines is 1. The maximum absolute atomic E-state index is 9.07. The minimum absolute atomic E-state index is 0.0733. The molecule has 0 fully saturated rings. The highest BCUT2D eigenvalue weighted by molar-refractivity contribution is 6.15. The van der Waals surface area contributed by atoms with Gasteiger partial charge in [0.1, 0.15) is 5.84 Å². The van der Waals surface area contributed by atoms with Gasteiger partial charge in [-0.25, -0.2) is 0 Å². The predicted octanol–water partition coefficient (Wildman–Crippen LogP) is 8.15. The summed E-state index contributed by atoms with van der Waals surface area (Å²) in [6.07, 6.45) is 0. The van der Waals surface area contributed by atoms with Crippen LogP contribution < -0.4 is 4.90 Å². The molecule has 0 aromatic heterocycles. The van der Waals surface area contributed by atoms with E-state index in [4.69, 9.17) is 5.41 Å². The summed E-state index contributed by atoms with van der Waals surface area (Å²) in [4.78, 5) is 1.92. The van der Waals surface area contributed by atoms with E-state index >= 15 is 0 Å². The fourth-order valence-electron chi connectivity index (χ4n) is 3.87. The van der Waals surface area contributed by atoms with E-state index in [2.05, 4.69) is 75.9 Å². The fraction of sp³-hybridized carbons (Fsp3) is 0.129. The van der Waals surface area contributed by atoms with Crippen LogP contribution in [0.4, 0.5) is 5.69 Å². The zero-order chi connectivity index (χ0) is 23.4. The first-order valence-corrected chi connectivity index (χ1v) is 11.2. The number of nitrogens with one attached hydrogen (secondary N) is 1. The van der Waals surface area contributed by atoms with Gasteiger partial charge in [-0.05, 0) is 39.8 Å². The number of benzene rings is 4. The Morgan fingerprint density at radius 3 is 1.67 bits per heavy atom. The van der Waals surface area contributed by atoms with Gasteiger partial charge in [0.05, 0.1) is 0 Å². The van der Waals surface area contributed by atoms with Crippen molar-refractivity contribution in [3.8, 4) is 11.1 Å². The van der Waals surface area contributed by atoms with Crippen LogP contribution in [-0.2, 0) is 5.41 Å². The first-order valence-electron chi connectivity index (χ1n) is 11.2. The number of para-hydroxylation sites is 1. The van der Waals surface area contributed by atoms with Crippen molar-refractivity contribution >= 4 is 17.2 Å². The molecule has 0 amide bonds. The smallest absolute Gasteiger partial charge is 0.137 e. The highest BCUT2D eigenvalue weighted by atomic mass is 15.2. The number of rotatable bonds is 5. The zero-order valence-electron chi connectivity index (χ0n) is 19.5. The van der Waals surface area contributed by atoms with Gasteiger partial charge < -0.3 is 0 Å². The number of hydrogen-bond donors (Lipinski definition) is 1. The number of hydrogen-bond acceptors (Lipinski definition) is 1. The Balaban J connectivity index is 1.68. The van der Waals surface area contributed by atoms with Gasteiger partial charge in [0.15, 0.2) is 0 Å². The SMILES string of the molecule is C=C(c1ccc(-c2ccccc2)cc1)N(C(=N)c1ccc(C(C)(C)C)cc1)c1ccccc1. The molecule has 0 spiro atoms. The monoisotopic (exact) mass is 430 g/mol. The molecular weight excluding hydrogens is 400 g/mol. The van der Waals surface area contributed by atoms with Crippen LogP contribution in [-0.4, -0.2) is 5.84 Å². The molecule has 2 nitrogen and oxygen atoms in total. The molecule has 4 aromatic carbocycles. The van der Waals surface area contributed by atoms with E-state index in [9.17, 15) is 0 Å². The molecule has 0 unspecified atom stereocenters. The number of nitrogens with zero attached hydrogens (tertiary/aromatic N) is 1. The Morgan fingerprint density at radius 1 is 0.636 bits per heavy atom. The molecule has 164 valence electrons. The topological polar surface area (TPSA) is 27.1 Å². The molecule has 0 bridgehead atoms. The summed E-state index contributed by atoms with van der Waals surface area (Å²) < 4.78 is 0. The van der Waals surface area contributed by atoms with Gasteiger partial charge in [0, 0.05) is 16.9 Å². The molecule has 0 aliphatic rings. The summed E-state index contributed by atoms with van der Waals surface area (Å²) in [6.45, 7) is 11.0. The molecule has 0 atom stereocenters. The Hall–Kier alpha value is -3.91. The summed E-state index contributed by atoms with van der Waals surface area (Å²) in [5.41, 5.74) is 7.19. The van der Waals surface area contributed by atoms with Gasteiger partial charge >= 0.3 is 0 Å². The third-order valence-electron chi connectivity index (χ3n) is 5.86. The lowest BCUT2D eigenvalue weighted by molar-refractivity contribution is 0.590. The van der Waals surface area contributed by atoms with Gasteiger partial charge in [-0.15, -0.1) is 0 Å². The molecule has 0 saturated carbocycles. The molecule has 0 saturated heterocycles. The van der Waals surface area contributed by atoms with Gasteiger partial charge in [-0.1, -0.05) is 124 Å². The molecule has 0 heterocycles. The van der Waals surface area contributed by atoms with E-state index in [0.29, 0.717) is 5.84 Å². The van der Waals surface area contributed by atoms with Gasteiger partial charge in [0.2, 0.25) is 0 Å². The molecule has 4 rings (SSSR count). The lowest BCUT2D eigenvalue weighted by Crippen LogP contribution is -2.29. The second kappa shape index (κ2) is 9.30. The highest BCUT2D eigenvalue weighted by Gasteiger charge is 2.20. The van der Waals surface area contributed by atoms with Crippen LogP contribution in [0.3, 0.4) is 0 Å².